The zero-order valence-corrected chi connectivity index (χ0v) is 10.7. The Labute approximate surface area is 107 Å². The summed E-state index contributed by atoms with van der Waals surface area (Å²) < 4.78 is 0. The highest BCUT2D eigenvalue weighted by molar-refractivity contribution is 5.48. The van der Waals surface area contributed by atoms with Gasteiger partial charge in [0.2, 0.25) is 0 Å². The van der Waals surface area contributed by atoms with Gasteiger partial charge in [0.25, 0.3) is 0 Å². The molecule has 0 bridgehead atoms. The molecule has 2 heterocycles. The van der Waals surface area contributed by atoms with Crippen molar-refractivity contribution in [3.05, 3.63) is 53.5 Å². The summed E-state index contributed by atoms with van der Waals surface area (Å²) in [5.74, 6) is 0.562. The molecule has 0 saturated carbocycles. The van der Waals surface area contributed by atoms with Gasteiger partial charge in [0, 0.05) is 18.0 Å². The summed E-state index contributed by atoms with van der Waals surface area (Å²) >= 11 is 0. The third kappa shape index (κ3) is 2.49. The minimum absolute atomic E-state index is 0.00935. The molecule has 0 radical (unpaired) electrons. The predicted octanol–water partition coefficient (Wildman–Crippen LogP) is 2.07. The molecule has 2 aromatic heterocycles. The van der Waals surface area contributed by atoms with E-state index in [1.54, 1.807) is 12.4 Å². The van der Waals surface area contributed by atoms with Crippen LogP contribution in [-0.4, -0.2) is 16.5 Å². The zero-order chi connectivity index (χ0) is 13.0. The van der Waals surface area contributed by atoms with E-state index in [0.717, 1.165) is 23.4 Å². The lowest BCUT2D eigenvalue weighted by molar-refractivity contribution is 0.612. The van der Waals surface area contributed by atoms with Crippen molar-refractivity contribution in [3.8, 4) is 0 Å². The van der Waals surface area contributed by atoms with Crippen molar-refractivity contribution in [2.24, 2.45) is 0 Å². The van der Waals surface area contributed by atoms with Crippen molar-refractivity contribution < 1.29 is 0 Å². The van der Waals surface area contributed by atoms with E-state index in [1.807, 2.05) is 31.2 Å². The van der Waals surface area contributed by atoms with Gasteiger partial charge in [0.1, 0.15) is 5.82 Å². The zero-order valence-electron chi connectivity index (χ0n) is 10.7. The molecule has 0 amide bonds. The van der Waals surface area contributed by atoms with E-state index in [0.29, 0.717) is 5.82 Å². The number of nitrogens with zero attached hydrogens (tertiary/aromatic N) is 2. The molecule has 0 aliphatic rings. The molecule has 0 aliphatic carbocycles. The number of nitrogens with two attached hydrogens (primary N) is 1. The second-order valence-electron chi connectivity index (χ2n) is 4.17. The van der Waals surface area contributed by atoms with Gasteiger partial charge in [-0.15, -0.1) is 0 Å². The number of hydrogen-bond donors (Lipinski definition) is 2. The number of hydrogen-bond acceptors (Lipinski definition) is 4. The molecule has 18 heavy (non-hydrogen) atoms. The Morgan fingerprint density at radius 3 is 2.67 bits per heavy atom. The van der Waals surface area contributed by atoms with Crippen LogP contribution in [0.3, 0.4) is 0 Å². The first-order valence-corrected chi connectivity index (χ1v) is 6.09. The van der Waals surface area contributed by atoms with Crippen LogP contribution in [0.4, 0.5) is 5.82 Å². The van der Waals surface area contributed by atoms with Crippen LogP contribution in [0.25, 0.3) is 0 Å². The molecule has 0 aromatic carbocycles. The van der Waals surface area contributed by atoms with E-state index < -0.39 is 0 Å². The molecule has 1 unspecified atom stereocenters. The topological polar surface area (TPSA) is 63.8 Å². The van der Waals surface area contributed by atoms with Gasteiger partial charge in [-0.2, -0.15) is 0 Å². The second kappa shape index (κ2) is 5.60. The molecule has 4 heteroatoms. The predicted molar refractivity (Wildman–Crippen MR) is 73.1 cm³/mol. The van der Waals surface area contributed by atoms with Crippen LogP contribution < -0.4 is 11.1 Å². The lowest BCUT2D eigenvalue weighted by atomic mass is 9.99. The van der Waals surface area contributed by atoms with E-state index in [4.69, 9.17) is 5.73 Å². The molecular formula is C14H18N4. The smallest absolute Gasteiger partial charge is 0.128 e. The van der Waals surface area contributed by atoms with E-state index in [1.165, 1.54) is 0 Å². The fraction of sp³-hybridized carbons (Fsp3) is 0.286. The number of nitrogens with one attached hydrogen (secondary N) is 1. The molecule has 0 saturated heterocycles. The van der Waals surface area contributed by atoms with Crippen LogP contribution in [0.15, 0.2) is 36.7 Å². The van der Waals surface area contributed by atoms with Crippen LogP contribution in [0.1, 0.15) is 29.8 Å². The number of aromatic nitrogens is 2. The minimum Gasteiger partial charge on any atom is -0.383 e. The van der Waals surface area contributed by atoms with Gasteiger partial charge in [-0.1, -0.05) is 13.0 Å². The Hall–Kier alpha value is -1.94. The maximum absolute atomic E-state index is 6.01. The molecule has 0 aliphatic heterocycles. The second-order valence-corrected chi connectivity index (χ2v) is 4.17. The SMILES string of the molecule is CCNC(c1ccccn1)c1c(C)ccnc1N. The first-order valence-electron chi connectivity index (χ1n) is 6.09. The van der Waals surface area contributed by atoms with Crippen molar-refractivity contribution in [3.63, 3.8) is 0 Å². The van der Waals surface area contributed by atoms with E-state index in [2.05, 4.69) is 22.2 Å². The quantitative estimate of drug-likeness (QED) is 0.861. The molecular weight excluding hydrogens is 224 g/mol. The van der Waals surface area contributed by atoms with Gasteiger partial charge in [-0.3, -0.25) is 4.98 Å². The normalized spacial score (nSPS) is 12.3. The van der Waals surface area contributed by atoms with E-state index in [-0.39, 0.29) is 6.04 Å². The molecule has 0 fully saturated rings. The number of pyridine rings is 2. The summed E-state index contributed by atoms with van der Waals surface area (Å²) in [6.07, 6.45) is 3.52. The van der Waals surface area contributed by atoms with Crippen LogP contribution in [-0.2, 0) is 0 Å². The molecule has 0 spiro atoms. The number of anilines is 1. The third-order valence-electron chi connectivity index (χ3n) is 2.92. The Morgan fingerprint density at radius 1 is 1.22 bits per heavy atom. The monoisotopic (exact) mass is 242 g/mol. The average Bonchev–Trinajstić information content (AvgIpc) is 2.38. The Balaban J connectivity index is 2.48. The van der Waals surface area contributed by atoms with Gasteiger partial charge in [0.05, 0.1) is 11.7 Å². The highest BCUT2D eigenvalue weighted by Crippen LogP contribution is 2.26. The fourth-order valence-electron chi connectivity index (χ4n) is 2.07. The molecule has 4 nitrogen and oxygen atoms in total. The first-order chi connectivity index (χ1) is 8.74. The van der Waals surface area contributed by atoms with Crippen LogP contribution in [0, 0.1) is 6.92 Å². The molecule has 94 valence electrons. The summed E-state index contributed by atoms with van der Waals surface area (Å²) in [6.45, 7) is 4.95. The highest BCUT2D eigenvalue weighted by atomic mass is 15.0. The van der Waals surface area contributed by atoms with Gasteiger partial charge in [-0.25, -0.2) is 4.98 Å². The molecule has 3 N–H and O–H groups in total. The Bertz CT molecular complexity index is 490. The summed E-state index contributed by atoms with van der Waals surface area (Å²) in [4.78, 5) is 8.59. The standard InChI is InChI=1S/C14H18N4/c1-3-16-13(11-6-4-5-8-17-11)12-10(2)7-9-18-14(12)15/h4-9,13,16H,3H2,1-2H3,(H2,15,18). The van der Waals surface area contributed by atoms with Gasteiger partial charge < -0.3 is 11.1 Å². The van der Waals surface area contributed by atoms with Crippen molar-refractivity contribution in [2.75, 3.05) is 12.3 Å². The number of aryl methyl sites for hydroxylation is 1. The largest absolute Gasteiger partial charge is 0.383 e. The Kier molecular flexibility index (Phi) is 3.89. The van der Waals surface area contributed by atoms with E-state index >= 15 is 0 Å². The van der Waals surface area contributed by atoms with E-state index in [9.17, 15) is 0 Å². The maximum atomic E-state index is 6.01. The lowest BCUT2D eigenvalue weighted by Gasteiger charge is -2.20. The van der Waals surface area contributed by atoms with Crippen LogP contribution >= 0.6 is 0 Å². The fourth-order valence-corrected chi connectivity index (χ4v) is 2.07. The number of rotatable bonds is 4. The van der Waals surface area contributed by atoms with Gasteiger partial charge >= 0.3 is 0 Å². The summed E-state index contributed by atoms with van der Waals surface area (Å²) in [7, 11) is 0. The summed E-state index contributed by atoms with van der Waals surface area (Å²) in [5, 5.41) is 3.41. The first kappa shape index (κ1) is 12.5. The van der Waals surface area contributed by atoms with Gasteiger partial charge in [0.15, 0.2) is 0 Å². The van der Waals surface area contributed by atoms with Gasteiger partial charge in [-0.05, 0) is 37.2 Å². The number of nitrogen functional groups attached to an aromatic ring is 1. The average molecular weight is 242 g/mol. The molecule has 2 rings (SSSR count). The van der Waals surface area contributed by atoms with Crippen molar-refractivity contribution >= 4 is 5.82 Å². The molecule has 1 atom stereocenters. The van der Waals surface area contributed by atoms with Crippen LogP contribution in [0.2, 0.25) is 0 Å². The van der Waals surface area contributed by atoms with Crippen molar-refractivity contribution in [2.45, 2.75) is 19.9 Å². The van der Waals surface area contributed by atoms with Crippen molar-refractivity contribution in [1.29, 1.82) is 0 Å². The lowest BCUT2D eigenvalue weighted by Crippen LogP contribution is -2.25. The summed E-state index contributed by atoms with van der Waals surface area (Å²) in [6, 6.07) is 7.85. The Morgan fingerprint density at radius 2 is 2.06 bits per heavy atom. The maximum Gasteiger partial charge on any atom is 0.128 e. The minimum atomic E-state index is -0.00935. The summed E-state index contributed by atoms with van der Waals surface area (Å²) in [5.41, 5.74) is 9.11. The highest BCUT2D eigenvalue weighted by Gasteiger charge is 2.19. The van der Waals surface area contributed by atoms with Crippen molar-refractivity contribution in [1.82, 2.24) is 15.3 Å². The third-order valence-corrected chi connectivity index (χ3v) is 2.92. The molecule has 2 aromatic rings. The van der Waals surface area contributed by atoms with Crippen LogP contribution in [0.5, 0.6) is 0 Å².